The maximum atomic E-state index is 12.2. The lowest BCUT2D eigenvalue weighted by molar-refractivity contribution is 0.0867. The van der Waals surface area contributed by atoms with Crippen LogP contribution in [0.3, 0.4) is 0 Å². The predicted molar refractivity (Wildman–Crippen MR) is 71.5 cm³/mol. The van der Waals surface area contributed by atoms with E-state index in [-0.39, 0.29) is 18.1 Å². The highest BCUT2D eigenvalue weighted by Gasteiger charge is 2.21. The summed E-state index contributed by atoms with van der Waals surface area (Å²) in [7, 11) is 0. The molecule has 3 nitrogen and oxygen atoms in total. The summed E-state index contributed by atoms with van der Waals surface area (Å²) in [5.41, 5.74) is 1.87. The van der Waals surface area contributed by atoms with E-state index in [2.05, 4.69) is 12.2 Å². The van der Waals surface area contributed by atoms with E-state index < -0.39 is 0 Å². The number of hydrogen-bond acceptors (Lipinski definition) is 2. The van der Waals surface area contributed by atoms with Crippen LogP contribution in [0.15, 0.2) is 24.3 Å². The van der Waals surface area contributed by atoms with E-state index in [1.165, 1.54) is 0 Å². The second-order valence-corrected chi connectivity index (χ2v) is 4.99. The van der Waals surface area contributed by atoms with E-state index in [0.717, 1.165) is 43.2 Å². The van der Waals surface area contributed by atoms with Crippen LogP contribution in [0, 0.1) is 0 Å². The molecule has 1 fully saturated rings. The second-order valence-electron chi connectivity index (χ2n) is 4.99. The fourth-order valence-electron chi connectivity index (χ4n) is 2.53. The van der Waals surface area contributed by atoms with Gasteiger partial charge in [-0.15, -0.1) is 0 Å². The Morgan fingerprint density at radius 3 is 2.61 bits per heavy atom. The molecule has 0 bridgehead atoms. The molecule has 0 aromatic heterocycles. The highest BCUT2D eigenvalue weighted by atomic mass is 16.3. The van der Waals surface area contributed by atoms with Crippen molar-refractivity contribution < 1.29 is 9.90 Å². The maximum Gasteiger partial charge on any atom is 0.251 e. The molecule has 0 radical (unpaired) electrons. The minimum Gasteiger partial charge on any atom is -0.393 e. The van der Waals surface area contributed by atoms with E-state index in [1.54, 1.807) is 0 Å². The quantitative estimate of drug-likeness (QED) is 0.861. The zero-order chi connectivity index (χ0) is 13.0. The highest BCUT2D eigenvalue weighted by Crippen LogP contribution is 2.19. The monoisotopic (exact) mass is 247 g/mol. The van der Waals surface area contributed by atoms with Crippen LogP contribution >= 0.6 is 0 Å². The number of hydrogen-bond donors (Lipinski definition) is 2. The average molecular weight is 247 g/mol. The van der Waals surface area contributed by atoms with Gasteiger partial charge in [0.2, 0.25) is 0 Å². The second kappa shape index (κ2) is 6.01. The Morgan fingerprint density at radius 2 is 1.94 bits per heavy atom. The summed E-state index contributed by atoms with van der Waals surface area (Å²) in [5.74, 6) is 0.0221. The summed E-state index contributed by atoms with van der Waals surface area (Å²) in [4.78, 5) is 12.2. The number of rotatable bonds is 3. The Morgan fingerprint density at radius 1 is 1.28 bits per heavy atom. The molecule has 1 aromatic carbocycles. The summed E-state index contributed by atoms with van der Waals surface area (Å²) in [6.07, 6.45) is 4.02. The molecular weight excluding hydrogens is 226 g/mol. The van der Waals surface area contributed by atoms with Gasteiger partial charge in [-0.1, -0.05) is 25.1 Å². The van der Waals surface area contributed by atoms with Gasteiger partial charge in [-0.25, -0.2) is 0 Å². The van der Waals surface area contributed by atoms with Crippen molar-refractivity contribution in [2.45, 2.75) is 51.2 Å². The Labute approximate surface area is 108 Å². The van der Waals surface area contributed by atoms with E-state index in [4.69, 9.17) is 0 Å². The molecule has 0 saturated heterocycles. The number of carbonyl (C=O) groups is 1. The third-order valence-electron chi connectivity index (χ3n) is 3.67. The standard InChI is InChI=1S/C15H21NO2/c1-2-11-5-3-4-6-14(11)15(18)16-12-7-9-13(17)10-8-12/h3-6,12-13,17H,2,7-10H2,1H3,(H,16,18). The van der Waals surface area contributed by atoms with Crippen molar-refractivity contribution in [3.8, 4) is 0 Å². The van der Waals surface area contributed by atoms with Crippen molar-refractivity contribution in [1.82, 2.24) is 5.32 Å². The van der Waals surface area contributed by atoms with Crippen LogP contribution in [0.5, 0.6) is 0 Å². The van der Waals surface area contributed by atoms with E-state index in [9.17, 15) is 9.90 Å². The van der Waals surface area contributed by atoms with Crippen LogP contribution in [0.4, 0.5) is 0 Å². The van der Waals surface area contributed by atoms with Crippen molar-refractivity contribution in [3.63, 3.8) is 0 Å². The molecule has 3 heteroatoms. The van der Waals surface area contributed by atoms with Crippen LogP contribution in [0.25, 0.3) is 0 Å². The number of aliphatic hydroxyl groups excluding tert-OH is 1. The zero-order valence-corrected chi connectivity index (χ0v) is 10.9. The highest BCUT2D eigenvalue weighted by molar-refractivity contribution is 5.95. The molecule has 2 rings (SSSR count). The van der Waals surface area contributed by atoms with Gasteiger partial charge in [-0.05, 0) is 43.7 Å². The first kappa shape index (κ1) is 13.1. The largest absolute Gasteiger partial charge is 0.393 e. The normalized spacial score (nSPS) is 23.7. The van der Waals surface area contributed by atoms with Crippen LogP contribution in [-0.2, 0) is 6.42 Å². The molecule has 1 saturated carbocycles. The summed E-state index contributed by atoms with van der Waals surface area (Å²) < 4.78 is 0. The zero-order valence-electron chi connectivity index (χ0n) is 10.9. The van der Waals surface area contributed by atoms with Crippen molar-refractivity contribution in [2.24, 2.45) is 0 Å². The van der Waals surface area contributed by atoms with Crippen LogP contribution < -0.4 is 5.32 Å². The molecule has 18 heavy (non-hydrogen) atoms. The Kier molecular flexibility index (Phi) is 4.37. The Bertz CT molecular complexity index is 409. The fraction of sp³-hybridized carbons (Fsp3) is 0.533. The van der Waals surface area contributed by atoms with Crippen LogP contribution in [0.2, 0.25) is 0 Å². The number of nitrogens with one attached hydrogen (secondary N) is 1. The third kappa shape index (κ3) is 3.10. The lowest BCUT2D eigenvalue weighted by atomic mass is 9.92. The Balaban J connectivity index is 1.99. The van der Waals surface area contributed by atoms with Gasteiger partial charge < -0.3 is 10.4 Å². The lowest BCUT2D eigenvalue weighted by Crippen LogP contribution is -2.38. The van der Waals surface area contributed by atoms with Crippen LogP contribution in [0.1, 0.15) is 48.5 Å². The molecule has 0 unspecified atom stereocenters. The smallest absolute Gasteiger partial charge is 0.251 e. The molecular formula is C15H21NO2. The molecule has 0 atom stereocenters. The van der Waals surface area contributed by atoms with Crippen molar-refractivity contribution in [1.29, 1.82) is 0 Å². The summed E-state index contributed by atoms with van der Waals surface area (Å²) in [5, 5.41) is 12.5. The first-order valence-corrected chi connectivity index (χ1v) is 6.77. The van der Waals surface area contributed by atoms with Crippen molar-refractivity contribution in [2.75, 3.05) is 0 Å². The molecule has 2 N–H and O–H groups in total. The van der Waals surface area contributed by atoms with Crippen molar-refractivity contribution in [3.05, 3.63) is 35.4 Å². The number of aliphatic hydroxyl groups is 1. The van der Waals surface area contributed by atoms with Crippen molar-refractivity contribution >= 4 is 5.91 Å². The van der Waals surface area contributed by atoms with Crippen LogP contribution in [-0.4, -0.2) is 23.2 Å². The number of aryl methyl sites for hydroxylation is 1. The first-order chi connectivity index (χ1) is 8.70. The molecule has 1 aliphatic rings. The van der Waals surface area contributed by atoms with Gasteiger partial charge in [0.25, 0.3) is 5.91 Å². The molecule has 0 aliphatic heterocycles. The summed E-state index contributed by atoms with van der Waals surface area (Å²) >= 11 is 0. The van der Waals surface area contributed by atoms with E-state index in [1.807, 2.05) is 24.3 Å². The van der Waals surface area contributed by atoms with Gasteiger partial charge >= 0.3 is 0 Å². The topological polar surface area (TPSA) is 49.3 Å². The fourth-order valence-corrected chi connectivity index (χ4v) is 2.53. The molecule has 0 heterocycles. The molecule has 98 valence electrons. The summed E-state index contributed by atoms with van der Waals surface area (Å²) in [6.45, 7) is 2.06. The number of benzene rings is 1. The summed E-state index contributed by atoms with van der Waals surface area (Å²) in [6, 6.07) is 7.96. The first-order valence-electron chi connectivity index (χ1n) is 6.77. The van der Waals surface area contributed by atoms with Gasteiger partial charge in [0.05, 0.1) is 6.10 Å². The van der Waals surface area contributed by atoms with E-state index >= 15 is 0 Å². The SMILES string of the molecule is CCc1ccccc1C(=O)NC1CCC(O)CC1. The molecule has 1 aliphatic carbocycles. The minimum absolute atomic E-state index is 0.0221. The average Bonchev–Trinajstić information content (AvgIpc) is 2.41. The van der Waals surface area contributed by atoms with Gasteiger partial charge in [-0.2, -0.15) is 0 Å². The predicted octanol–water partition coefficient (Wildman–Crippen LogP) is 2.28. The lowest BCUT2D eigenvalue weighted by Gasteiger charge is -2.26. The third-order valence-corrected chi connectivity index (χ3v) is 3.67. The van der Waals surface area contributed by atoms with Gasteiger partial charge in [0.15, 0.2) is 0 Å². The van der Waals surface area contributed by atoms with Gasteiger partial charge in [0, 0.05) is 11.6 Å². The number of amides is 1. The molecule has 0 spiro atoms. The maximum absolute atomic E-state index is 12.2. The van der Waals surface area contributed by atoms with Gasteiger partial charge in [0.1, 0.15) is 0 Å². The minimum atomic E-state index is -0.180. The number of carbonyl (C=O) groups excluding carboxylic acids is 1. The van der Waals surface area contributed by atoms with Gasteiger partial charge in [-0.3, -0.25) is 4.79 Å². The molecule has 1 amide bonds. The van der Waals surface area contributed by atoms with E-state index in [0.29, 0.717) is 0 Å². The molecule has 1 aromatic rings. The Hall–Kier alpha value is -1.35.